The molecule has 0 aromatic carbocycles. The van der Waals surface area contributed by atoms with Crippen LogP contribution < -0.4 is 0 Å². The number of hydrogen-bond donors (Lipinski definition) is 0. The maximum Gasteiger partial charge on any atom is 0.306 e. The summed E-state index contributed by atoms with van der Waals surface area (Å²) in [6.07, 6.45) is 71.4. The Morgan fingerprint density at radius 1 is 0.268 bits per heavy atom. The first kappa shape index (κ1) is 69.2. The summed E-state index contributed by atoms with van der Waals surface area (Å²) in [5.41, 5.74) is 0. The van der Waals surface area contributed by atoms with Gasteiger partial charge in [0.05, 0.1) is 0 Å². The molecule has 0 amide bonds. The quantitative estimate of drug-likeness (QED) is 0.0261. The first-order valence-corrected chi connectivity index (χ1v) is 32.2. The number of carbonyl (C=O) groups excluding carboxylic acids is 3. The third-order valence-corrected chi connectivity index (χ3v) is 14.8. The van der Waals surface area contributed by atoms with Crippen molar-refractivity contribution in [2.75, 3.05) is 13.2 Å². The first-order valence-electron chi connectivity index (χ1n) is 32.2. The molecular weight excluding hydrogens is 877 g/mol. The van der Waals surface area contributed by atoms with Gasteiger partial charge in [0.15, 0.2) is 6.10 Å². The van der Waals surface area contributed by atoms with Crippen molar-refractivity contribution in [1.82, 2.24) is 0 Å². The summed E-state index contributed by atoms with van der Waals surface area (Å²) < 4.78 is 16.8. The topological polar surface area (TPSA) is 78.9 Å². The number of rotatable bonds is 60. The maximum absolute atomic E-state index is 12.8. The van der Waals surface area contributed by atoms with Crippen molar-refractivity contribution in [2.24, 2.45) is 0 Å². The van der Waals surface area contributed by atoms with Crippen LogP contribution in [0.1, 0.15) is 367 Å². The third-order valence-electron chi connectivity index (χ3n) is 14.8. The molecule has 71 heavy (non-hydrogen) atoms. The molecule has 1 atom stereocenters. The molecule has 0 fully saturated rings. The summed E-state index contributed by atoms with van der Waals surface area (Å²) in [6, 6.07) is 0. The van der Waals surface area contributed by atoms with E-state index in [1.165, 1.54) is 263 Å². The molecule has 1 unspecified atom stereocenters. The van der Waals surface area contributed by atoms with Crippen LogP contribution in [0.2, 0.25) is 0 Å². The zero-order valence-corrected chi connectivity index (χ0v) is 48.3. The standard InChI is InChI=1S/C65H124O6/c1-4-7-10-13-16-18-20-22-23-24-25-26-27-28-29-30-31-32-33-34-35-36-37-38-39-40-41-42-43-45-46-49-52-55-58-64(67)70-61-62(60-69-63(66)57-54-51-48-15-12-9-6-3)71-65(68)59-56-53-50-47-44-21-19-17-14-11-8-5-2/h17,19,62H,4-16,18,20-61H2,1-3H3/b19-17-. The van der Waals surface area contributed by atoms with E-state index in [0.29, 0.717) is 19.3 Å². The molecule has 6 heteroatoms. The van der Waals surface area contributed by atoms with E-state index in [1.807, 2.05) is 0 Å². The van der Waals surface area contributed by atoms with Crippen LogP contribution in [0.25, 0.3) is 0 Å². The Hall–Kier alpha value is -1.85. The predicted molar refractivity (Wildman–Crippen MR) is 307 cm³/mol. The zero-order valence-electron chi connectivity index (χ0n) is 48.3. The van der Waals surface area contributed by atoms with Gasteiger partial charge in [-0.2, -0.15) is 0 Å². The van der Waals surface area contributed by atoms with E-state index in [9.17, 15) is 14.4 Å². The van der Waals surface area contributed by atoms with Crippen LogP contribution in [0.15, 0.2) is 12.2 Å². The van der Waals surface area contributed by atoms with E-state index in [2.05, 4.69) is 32.9 Å². The van der Waals surface area contributed by atoms with Gasteiger partial charge in [-0.25, -0.2) is 0 Å². The van der Waals surface area contributed by atoms with Crippen molar-refractivity contribution in [3.8, 4) is 0 Å². The van der Waals surface area contributed by atoms with Gasteiger partial charge in [0.1, 0.15) is 13.2 Å². The summed E-state index contributed by atoms with van der Waals surface area (Å²) in [5.74, 6) is -0.865. The highest BCUT2D eigenvalue weighted by atomic mass is 16.6. The summed E-state index contributed by atoms with van der Waals surface area (Å²) in [7, 11) is 0. The molecule has 0 aromatic heterocycles. The van der Waals surface area contributed by atoms with Crippen molar-refractivity contribution < 1.29 is 28.6 Å². The van der Waals surface area contributed by atoms with Crippen molar-refractivity contribution >= 4 is 17.9 Å². The highest BCUT2D eigenvalue weighted by Gasteiger charge is 2.19. The van der Waals surface area contributed by atoms with Gasteiger partial charge < -0.3 is 14.2 Å². The minimum atomic E-state index is -0.767. The number of ether oxygens (including phenoxy) is 3. The van der Waals surface area contributed by atoms with Gasteiger partial charge >= 0.3 is 17.9 Å². The average molecular weight is 1000 g/mol. The average Bonchev–Trinajstić information content (AvgIpc) is 3.37. The monoisotopic (exact) mass is 1000 g/mol. The Balaban J connectivity index is 3.85. The Morgan fingerprint density at radius 3 is 0.732 bits per heavy atom. The van der Waals surface area contributed by atoms with Crippen LogP contribution in [0, 0.1) is 0 Å². The number of allylic oxidation sites excluding steroid dienone is 2. The highest BCUT2D eigenvalue weighted by Crippen LogP contribution is 2.18. The molecule has 6 nitrogen and oxygen atoms in total. The number of unbranched alkanes of at least 4 members (excludes halogenated alkanes) is 47. The van der Waals surface area contributed by atoms with Gasteiger partial charge in [0.25, 0.3) is 0 Å². The van der Waals surface area contributed by atoms with Crippen LogP contribution in [0.5, 0.6) is 0 Å². The van der Waals surface area contributed by atoms with Crippen molar-refractivity contribution in [3.63, 3.8) is 0 Å². The van der Waals surface area contributed by atoms with Crippen LogP contribution in [0.3, 0.4) is 0 Å². The van der Waals surface area contributed by atoms with E-state index in [-0.39, 0.29) is 31.1 Å². The fourth-order valence-electron chi connectivity index (χ4n) is 9.91. The molecular formula is C65H124O6. The molecule has 0 N–H and O–H groups in total. The molecule has 0 bridgehead atoms. The van der Waals surface area contributed by atoms with Crippen molar-refractivity contribution in [3.05, 3.63) is 12.2 Å². The molecule has 0 spiro atoms. The normalized spacial score (nSPS) is 12.0. The predicted octanol–water partition coefficient (Wildman–Crippen LogP) is 21.7. The third kappa shape index (κ3) is 58.9. The minimum absolute atomic E-state index is 0.0685. The first-order chi connectivity index (χ1) is 35.0. The van der Waals surface area contributed by atoms with Crippen LogP contribution in [0.4, 0.5) is 0 Å². The van der Waals surface area contributed by atoms with E-state index >= 15 is 0 Å². The van der Waals surface area contributed by atoms with Crippen LogP contribution in [-0.2, 0) is 28.6 Å². The molecule has 0 saturated carbocycles. The molecule has 420 valence electrons. The van der Waals surface area contributed by atoms with Gasteiger partial charge in [-0.05, 0) is 44.9 Å². The van der Waals surface area contributed by atoms with Crippen molar-refractivity contribution in [1.29, 1.82) is 0 Å². The largest absolute Gasteiger partial charge is 0.462 e. The maximum atomic E-state index is 12.8. The molecule has 0 heterocycles. The number of hydrogen-bond acceptors (Lipinski definition) is 6. The second kappa shape index (κ2) is 60.7. The molecule has 0 aliphatic rings. The fraction of sp³-hybridized carbons (Fsp3) is 0.923. The summed E-state index contributed by atoms with van der Waals surface area (Å²) >= 11 is 0. The Kier molecular flexibility index (Phi) is 59.1. The lowest BCUT2D eigenvalue weighted by atomic mass is 10.0. The van der Waals surface area contributed by atoms with Crippen LogP contribution in [-0.4, -0.2) is 37.2 Å². The molecule has 0 aliphatic heterocycles. The molecule has 0 rings (SSSR count). The number of carbonyl (C=O) groups is 3. The van der Waals surface area contributed by atoms with Gasteiger partial charge in [0, 0.05) is 19.3 Å². The Bertz CT molecular complexity index is 1100. The lowest BCUT2D eigenvalue weighted by Crippen LogP contribution is -2.30. The molecule has 0 aromatic rings. The smallest absolute Gasteiger partial charge is 0.306 e. The second-order valence-corrected chi connectivity index (χ2v) is 22.0. The number of esters is 3. The van der Waals surface area contributed by atoms with Gasteiger partial charge in [-0.15, -0.1) is 0 Å². The van der Waals surface area contributed by atoms with E-state index in [1.54, 1.807) is 0 Å². The lowest BCUT2D eigenvalue weighted by molar-refractivity contribution is -0.167. The van der Waals surface area contributed by atoms with Gasteiger partial charge in [-0.1, -0.05) is 315 Å². The highest BCUT2D eigenvalue weighted by molar-refractivity contribution is 5.71. The summed E-state index contributed by atoms with van der Waals surface area (Å²) in [4.78, 5) is 37.9. The van der Waals surface area contributed by atoms with Crippen LogP contribution >= 0.6 is 0 Å². The Morgan fingerprint density at radius 2 is 0.465 bits per heavy atom. The summed E-state index contributed by atoms with van der Waals surface area (Å²) in [6.45, 7) is 6.62. The fourth-order valence-corrected chi connectivity index (χ4v) is 9.91. The Labute approximate surface area is 443 Å². The summed E-state index contributed by atoms with van der Waals surface area (Å²) in [5, 5.41) is 0. The minimum Gasteiger partial charge on any atom is -0.462 e. The second-order valence-electron chi connectivity index (χ2n) is 22.0. The SMILES string of the molecule is CCCCC/C=C\CCCCCCCC(=O)OC(COC(=O)CCCCCCCCC)COC(=O)CCCCCCCCCCCCCCCCCCCCCCCCCCCCCCCCCCCC. The molecule has 0 saturated heterocycles. The lowest BCUT2D eigenvalue weighted by Gasteiger charge is -2.18. The van der Waals surface area contributed by atoms with E-state index < -0.39 is 6.10 Å². The zero-order chi connectivity index (χ0) is 51.4. The van der Waals surface area contributed by atoms with E-state index in [0.717, 1.165) is 64.2 Å². The van der Waals surface area contributed by atoms with Gasteiger partial charge in [0.2, 0.25) is 0 Å². The molecule has 0 aliphatic carbocycles. The van der Waals surface area contributed by atoms with Gasteiger partial charge in [-0.3, -0.25) is 14.4 Å². The van der Waals surface area contributed by atoms with Crippen molar-refractivity contribution in [2.45, 2.75) is 374 Å². The molecule has 0 radical (unpaired) electrons. The van der Waals surface area contributed by atoms with E-state index in [4.69, 9.17) is 14.2 Å².